The molecule has 2 aromatic carbocycles. The van der Waals surface area contributed by atoms with Crippen LogP contribution >= 0.6 is 0 Å². The number of nitrogens with two attached hydrogens (primary N) is 1. The number of anilines is 1. The molecule has 0 saturated carbocycles. The van der Waals surface area contributed by atoms with Gasteiger partial charge >= 0.3 is 0 Å². The summed E-state index contributed by atoms with van der Waals surface area (Å²) in [6, 6.07) is 17.6. The highest BCUT2D eigenvalue weighted by molar-refractivity contribution is 6.03. The lowest BCUT2D eigenvalue weighted by atomic mass is 9.81. The summed E-state index contributed by atoms with van der Waals surface area (Å²) >= 11 is 0. The second-order valence-electron chi connectivity index (χ2n) is 13.7. The maximum Gasteiger partial charge on any atom is 0.219 e. The van der Waals surface area contributed by atoms with Crippen molar-refractivity contribution in [2.24, 2.45) is 5.73 Å². The van der Waals surface area contributed by atoms with Crippen LogP contribution in [0.3, 0.4) is 0 Å². The Morgan fingerprint density at radius 3 is 2.33 bits per heavy atom. The van der Waals surface area contributed by atoms with Crippen LogP contribution in [0.2, 0.25) is 0 Å². The van der Waals surface area contributed by atoms with E-state index in [4.69, 9.17) is 5.73 Å². The van der Waals surface area contributed by atoms with Crippen LogP contribution in [-0.2, 0) is 15.6 Å². The molecule has 0 fully saturated rings. The molecule has 0 unspecified atom stereocenters. The molecule has 0 atom stereocenters. The normalized spacial score (nSPS) is 17.6. The number of allylic oxidation sites excluding steroid dienone is 8. The molecule has 0 bridgehead atoms. The van der Waals surface area contributed by atoms with Gasteiger partial charge in [-0.1, -0.05) is 94.0 Å². The standard InChI is InChI=1S/C41H56N4O/c1-6-7-31-44-35-24-17-15-22-33(35)40(2,3)37(44)26-12-9-8-10-13-27-38-41(4,5)34-23-16-18-25-36(34)45(38)32-21-11-14-28-39(46)43-30-20-19-29-42/h8-10,12-13,15-18,22-27H,6-7,11,14,19-21,28-32,42H2,1-5H3/p+1. The van der Waals surface area contributed by atoms with Gasteiger partial charge in [0.15, 0.2) is 5.71 Å². The van der Waals surface area contributed by atoms with Gasteiger partial charge in [-0.15, -0.1) is 0 Å². The molecule has 46 heavy (non-hydrogen) atoms. The molecule has 1 amide bonds. The van der Waals surface area contributed by atoms with E-state index in [0.29, 0.717) is 13.0 Å². The van der Waals surface area contributed by atoms with Crippen molar-refractivity contribution in [3.63, 3.8) is 0 Å². The average molecular weight is 622 g/mol. The third-order valence-corrected chi connectivity index (χ3v) is 9.53. The lowest BCUT2D eigenvalue weighted by molar-refractivity contribution is -0.438. The summed E-state index contributed by atoms with van der Waals surface area (Å²) in [5, 5.41) is 3.02. The van der Waals surface area contributed by atoms with E-state index in [9.17, 15) is 4.79 Å². The topological polar surface area (TPSA) is 61.4 Å². The van der Waals surface area contributed by atoms with E-state index < -0.39 is 0 Å². The van der Waals surface area contributed by atoms with Crippen LogP contribution < -0.4 is 16.0 Å². The first kappa shape index (κ1) is 35.2. The first-order valence-corrected chi connectivity index (χ1v) is 17.5. The SMILES string of the molecule is CCCCN1/C(=C/C=C/C=C/C=C/C2=[N+](CCCCCC(=O)NCCCCN)c3ccccc3C2(C)C)C(C)(C)c2ccccc21. The molecule has 2 aliphatic rings. The van der Waals surface area contributed by atoms with Gasteiger partial charge in [-0.05, 0) is 70.2 Å². The average Bonchev–Trinajstić information content (AvgIpc) is 3.40. The number of rotatable bonds is 17. The molecule has 5 heteroatoms. The number of amides is 1. The molecule has 3 N–H and O–H groups in total. The van der Waals surface area contributed by atoms with Crippen molar-refractivity contribution < 1.29 is 9.37 Å². The predicted octanol–water partition coefficient (Wildman–Crippen LogP) is 8.63. The van der Waals surface area contributed by atoms with Crippen molar-refractivity contribution in [3.8, 4) is 0 Å². The van der Waals surface area contributed by atoms with Gasteiger partial charge in [0.1, 0.15) is 6.54 Å². The number of hydrogen-bond acceptors (Lipinski definition) is 3. The van der Waals surface area contributed by atoms with Crippen LogP contribution in [0.15, 0.2) is 96.8 Å². The van der Waals surface area contributed by atoms with Gasteiger partial charge in [0.25, 0.3) is 0 Å². The van der Waals surface area contributed by atoms with Crippen LogP contribution in [0.4, 0.5) is 11.4 Å². The third kappa shape index (κ3) is 8.36. The van der Waals surface area contributed by atoms with E-state index in [1.807, 2.05) is 0 Å². The molecular weight excluding hydrogens is 564 g/mol. The second kappa shape index (κ2) is 16.7. The van der Waals surface area contributed by atoms with Gasteiger partial charge in [0, 0.05) is 60.4 Å². The van der Waals surface area contributed by atoms with E-state index in [0.717, 1.165) is 51.7 Å². The Hall–Kier alpha value is -3.70. The predicted molar refractivity (Wildman–Crippen MR) is 196 cm³/mol. The summed E-state index contributed by atoms with van der Waals surface area (Å²) in [4.78, 5) is 14.7. The van der Waals surface area contributed by atoms with Gasteiger partial charge in [0.2, 0.25) is 11.6 Å². The van der Waals surface area contributed by atoms with E-state index in [2.05, 4.69) is 140 Å². The third-order valence-electron chi connectivity index (χ3n) is 9.53. The lowest BCUT2D eigenvalue weighted by Crippen LogP contribution is -2.28. The Bertz CT molecular complexity index is 1470. The van der Waals surface area contributed by atoms with Crippen molar-refractivity contribution in [3.05, 3.63) is 108 Å². The first-order valence-electron chi connectivity index (χ1n) is 17.5. The fraction of sp³-hybridized carbons (Fsp3) is 0.463. The van der Waals surface area contributed by atoms with Crippen molar-refractivity contribution in [2.45, 2.75) is 96.8 Å². The molecule has 246 valence electrons. The monoisotopic (exact) mass is 621 g/mol. The van der Waals surface area contributed by atoms with E-state index in [1.54, 1.807) is 0 Å². The van der Waals surface area contributed by atoms with Crippen molar-refractivity contribution in [1.29, 1.82) is 0 Å². The minimum atomic E-state index is -0.0738. The first-order chi connectivity index (χ1) is 22.2. The largest absolute Gasteiger partial charge is 0.356 e. The Kier molecular flexibility index (Phi) is 12.8. The summed E-state index contributed by atoms with van der Waals surface area (Å²) in [5.74, 6) is 0.155. The summed E-state index contributed by atoms with van der Waals surface area (Å²) in [5.41, 5.74) is 13.6. The Morgan fingerprint density at radius 1 is 0.826 bits per heavy atom. The van der Waals surface area contributed by atoms with E-state index in [-0.39, 0.29) is 16.7 Å². The number of fused-ring (bicyclic) bond motifs is 2. The van der Waals surface area contributed by atoms with E-state index >= 15 is 0 Å². The van der Waals surface area contributed by atoms with Crippen LogP contribution in [0.5, 0.6) is 0 Å². The Labute approximate surface area is 278 Å². The van der Waals surface area contributed by atoms with Crippen LogP contribution in [-0.4, -0.2) is 42.4 Å². The maximum absolute atomic E-state index is 12.2. The number of benzene rings is 2. The van der Waals surface area contributed by atoms with Crippen LogP contribution in [0, 0.1) is 0 Å². The summed E-state index contributed by atoms with van der Waals surface area (Å²) in [7, 11) is 0. The van der Waals surface area contributed by atoms with Crippen molar-refractivity contribution >= 4 is 23.0 Å². The highest BCUT2D eigenvalue weighted by atomic mass is 16.1. The molecular formula is C41H57N4O+. The van der Waals surface area contributed by atoms with E-state index in [1.165, 1.54) is 46.8 Å². The fourth-order valence-corrected chi connectivity index (χ4v) is 6.88. The highest BCUT2D eigenvalue weighted by Crippen LogP contribution is 2.47. The molecule has 2 aliphatic heterocycles. The summed E-state index contributed by atoms with van der Waals surface area (Å²) < 4.78 is 2.48. The van der Waals surface area contributed by atoms with Crippen LogP contribution in [0.25, 0.3) is 0 Å². The number of hydrogen-bond donors (Lipinski definition) is 2. The van der Waals surface area contributed by atoms with Gasteiger partial charge in [0.05, 0.1) is 5.41 Å². The fourth-order valence-electron chi connectivity index (χ4n) is 6.88. The number of unbranched alkanes of at least 4 members (excludes halogenated alkanes) is 4. The Morgan fingerprint density at radius 2 is 1.54 bits per heavy atom. The quantitative estimate of drug-likeness (QED) is 0.106. The zero-order valence-electron chi connectivity index (χ0n) is 29.0. The number of carbonyl (C=O) groups excluding carboxylic acids is 1. The number of nitrogens with zero attached hydrogens (tertiary/aromatic N) is 2. The molecule has 0 aliphatic carbocycles. The second-order valence-corrected chi connectivity index (χ2v) is 13.7. The molecule has 2 heterocycles. The summed E-state index contributed by atoms with van der Waals surface area (Å²) in [6.45, 7) is 15.0. The maximum atomic E-state index is 12.2. The number of carbonyl (C=O) groups is 1. The zero-order chi connectivity index (χ0) is 33.0. The van der Waals surface area contributed by atoms with Gasteiger partial charge in [-0.25, -0.2) is 0 Å². The van der Waals surface area contributed by atoms with Crippen molar-refractivity contribution in [2.75, 3.05) is 31.1 Å². The zero-order valence-corrected chi connectivity index (χ0v) is 29.0. The molecule has 5 nitrogen and oxygen atoms in total. The van der Waals surface area contributed by atoms with Crippen LogP contribution in [0.1, 0.15) is 97.1 Å². The molecule has 0 aromatic heterocycles. The van der Waals surface area contributed by atoms with Crippen molar-refractivity contribution in [1.82, 2.24) is 5.32 Å². The minimum Gasteiger partial charge on any atom is -0.356 e. The van der Waals surface area contributed by atoms with Gasteiger partial charge < -0.3 is 16.0 Å². The van der Waals surface area contributed by atoms with Gasteiger partial charge in [-0.3, -0.25) is 4.79 Å². The molecule has 4 rings (SSSR count). The molecule has 0 radical (unpaired) electrons. The number of nitrogens with one attached hydrogen (secondary N) is 1. The Balaban J connectivity index is 1.40. The minimum absolute atomic E-state index is 0.0156. The number of para-hydroxylation sites is 2. The molecule has 2 aromatic rings. The molecule has 0 saturated heterocycles. The summed E-state index contributed by atoms with van der Waals surface area (Å²) in [6.07, 6.45) is 23.2. The molecule has 0 spiro atoms. The highest BCUT2D eigenvalue weighted by Gasteiger charge is 2.43. The smallest absolute Gasteiger partial charge is 0.219 e. The van der Waals surface area contributed by atoms with Gasteiger partial charge in [-0.2, -0.15) is 4.58 Å². The lowest BCUT2D eigenvalue weighted by Gasteiger charge is -2.27.